The Kier molecular flexibility index (Phi) is 9.72. The number of hydrogen-bond donors (Lipinski definition) is 2. The van der Waals surface area contributed by atoms with Crippen molar-refractivity contribution < 1.29 is 19.1 Å². The first kappa shape index (κ1) is 29.4. The Balaban J connectivity index is 1.61. The monoisotopic (exact) mass is 643 g/mol. The molecule has 0 aliphatic carbocycles. The number of thioether (sulfide) groups is 1. The van der Waals surface area contributed by atoms with Crippen LogP contribution in [-0.4, -0.2) is 46.6 Å². The van der Waals surface area contributed by atoms with E-state index in [1.807, 2.05) is 32.0 Å². The molecule has 4 aromatic rings. The molecule has 4 rings (SSSR count). The molecule has 0 spiro atoms. The average molecular weight is 645 g/mol. The number of benzene rings is 3. The highest BCUT2D eigenvalue weighted by atomic mass is 79.9. The van der Waals surface area contributed by atoms with Crippen LogP contribution < -0.4 is 20.1 Å². The third-order valence-corrected chi connectivity index (χ3v) is 7.66. The molecule has 3 aromatic carbocycles. The maximum atomic E-state index is 12.9. The van der Waals surface area contributed by atoms with E-state index in [2.05, 4.69) is 36.8 Å². The summed E-state index contributed by atoms with van der Waals surface area (Å²) in [6.07, 6.45) is 0. The van der Waals surface area contributed by atoms with E-state index < -0.39 is 0 Å². The van der Waals surface area contributed by atoms with Crippen LogP contribution in [-0.2, 0) is 11.3 Å². The number of carbonyl (C=O) groups is 2. The number of aryl methyl sites for hydroxylation is 2. The zero-order valence-electron chi connectivity index (χ0n) is 22.2. The minimum absolute atomic E-state index is 0.0320. The van der Waals surface area contributed by atoms with Crippen molar-refractivity contribution in [3.63, 3.8) is 0 Å². The number of nitrogens with one attached hydrogen (secondary N) is 2. The first-order valence-corrected chi connectivity index (χ1v) is 14.3. The molecule has 0 atom stereocenters. The van der Waals surface area contributed by atoms with Gasteiger partial charge in [-0.15, -0.1) is 10.2 Å². The van der Waals surface area contributed by atoms with Gasteiger partial charge in [-0.05, 0) is 61.4 Å². The number of anilines is 1. The molecule has 0 aliphatic heterocycles. The van der Waals surface area contributed by atoms with Gasteiger partial charge in [-0.2, -0.15) is 0 Å². The number of amides is 2. The molecule has 2 N–H and O–H groups in total. The summed E-state index contributed by atoms with van der Waals surface area (Å²) in [6.45, 7) is 3.94. The van der Waals surface area contributed by atoms with Crippen LogP contribution in [0.3, 0.4) is 0 Å². The maximum Gasteiger partial charge on any atom is 0.253 e. The molecular weight excluding hydrogens is 618 g/mol. The largest absolute Gasteiger partial charge is 0.497 e. The summed E-state index contributed by atoms with van der Waals surface area (Å²) >= 11 is 10.8. The summed E-state index contributed by atoms with van der Waals surface area (Å²) in [4.78, 5) is 25.8. The van der Waals surface area contributed by atoms with Gasteiger partial charge >= 0.3 is 0 Å². The molecule has 0 unspecified atom stereocenters. The number of hydrogen-bond acceptors (Lipinski definition) is 7. The quantitative estimate of drug-likeness (QED) is 0.205. The van der Waals surface area contributed by atoms with Crippen molar-refractivity contribution in [2.24, 2.45) is 0 Å². The normalized spacial score (nSPS) is 10.8. The van der Waals surface area contributed by atoms with Crippen molar-refractivity contribution in [3.8, 4) is 17.2 Å². The van der Waals surface area contributed by atoms with Gasteiger partial charge < -0.3 is 20.1 Å². The number of carbonyl (C=O) groups excluding carboxylic acids is 2. The molecule has 0 aliphatic rings. The fraction of sp³-hybridized carbons (Fsp3) is 0.214. The Morgan fingerprint density at radius 2 is 1.82 bits per heavy atom. The molecule has 12 heteroatoms. The highest BCUT2D eigenvalue weighted by molar-refractivity contribution is 9.10. The first-order chi connectivity index (χ1) is 19.2. The van der Waals surface area contributed by atoms with E-state index in [0.717, 1.165) is 21.3 Å². The summed E-state index contributed by atoms with van der Waals surface area (Å²) in [7, 11) is 3.12. The van der Waals surface area contributed by atoms with E-state index in [0.29, 0.717) is 38.8 Å². The third-order valence-electron chi connectivity index (χ3n) is 5.91. The Morgan fingerprint density at radius 1 is 1.02 bits per heavy atom. The second kappa shape index (κ2) is 13.2. The Bertz CT molecular complexity index is 1560. The van der Waals surface area contributed by atoms with Gasteiger partial charge in [0.1, 0.15) is 11.5 Å². The molecule has 0 bridgehead atoms. The SMILES string of the molecule is COc1ccc(OC)c(-n2c(CNC(=O)c3cc(Br)ccc3Cl)nnc2SCC(=O)Nc2cc(C)ccc2C)c1. The van der Waals surface area contributed by atoms with Crippen LogP contribution in [0, 0.1) is 13.8 Å². The van der Waals surface area contributed by atoms with Gasteiger partial charge in [0.15, 0.2) is 11.0 Å². The second-order valence-corrected chi connectivity index (χ2v) is 11.0. The number of halogens is 2. The lowest BCUT2D eigenvalue weighted by Crippen LogP contribution is -2.25. The molecule has 0 fully saturated rings. The summed E-state index contributed by atoms with van der Waals surface area (Å²) in [5.41, 5.74) is 3.69. The van der Waals surface area contributed by atoms with E-state index in [4.69, 9.17) is 21.1 Å². The number of nitrogens with zero attached hydrogens (tertiary/aromatic N) is 3. The molecule has 1 heterocycles. The molecule has 0 saturated carbocycles. The van der Waals surface area contributed by atoms with Crippen LogP contribution >= 0.6 is 39.3 Å². The van der Waals surface area contributed by atoms with Gasteiger partial charge in [0.05, 0.1) is 42.8 Å². The van der Waals surface area contributed by atoms with Crippen molar-refractivity contribution in [1.82, 2.24) is 20.1 Å². The molecule has 2 amide bonds. The van der Waals surface area contributed by atoms with E-state index in [-0.39, 0.29) is 24.1 Å². The van der Waals surface area contributed by atoms with Gasteiger partial charge in [0.25, 0.3) is 5.91 Å². The molecule has 0 saturated heterocycles. The van der Waals surface area contributed by atoms with Crippen molar-refractivity contribution in [2.45, 2.75) is 25.5 Å². The number of rotatable bonds is 10. The Morgan fingerprint density at radius 3 is 2.58 bits per heavy atom. The minimum atomic E-state index is -0.374. The molecule has 9 nitrogen and oxygen atoms in total. The highest BCUT2D eigenvalue weighted by Gasteiger charge is 2.21. The van der Waals surface area contributed by atoms with Crippen molar-refractivity contribution in [3.05, 3.63) is 86.6 Å². The zero-order chi connectivity index (χ0) is 28.8. The third kappa shape index (κ3) is 6.96. The summed E-state index contributed by atoms with van der Waals surface area (Å²) < 4.78 is 13.5. The van der Waals surface area contributed by atoms with E-state index >= 15 is 0 Å². The zero-order valence-corrected chi connectivity index (χ0v) is 25.4. The predicted octanol–water partition coefficient (Wildman–Crippen LogP) is 5.98. The molecule has 208 valence electrons. The maximum absolute atomic E-state index is 12.9. The summed E-state index contributed by atoms with van der Waals surface area (Å²) in [6, 6.07) is 16.2. The van der Waals surface area contributed by atoms with E-state index in [1.165, 1.54) is 11.8 Å². The Labute approximate surface area is 249 Å². The lowest BCUT2D eigenvalue weighted by Gasteiger charge is -2.15. The second-order valence-electron chi connectivity index (χ2n) is 8.73. The molecule has 1 aromatic heterocycles. The lowest BCUT2D eigenvalue weighted by atomic mass is 10.1. The lowest BCUT2D eigenvalue weighted by molar-refractivity contribution is -0.113. The smallest absolute Gasteiger partial charge is 0.253 e. The predicted molar refractivity (Wildman–Crippen MR) is 160 cm³/mol. The van der Waals surface area contributed by atoms with Gasteiger partial charge in [-0.3, -0.25) is 14.2 Å². The van der Waals surface area contributed by atoms with Gasteiger partial charge in [0, 0.05) is 16.2 Å². The number of methoxy groups -OCH3 is 2. The average Bonchev–Trinajstić information content (AvgIpc) is 3.36. The van der Waals surface area contributed by atoms with Crippen LogP contribution in [0.5, 0.6) is 11.5 Å². The number of aromatic nitrogens is 3. The standard InChI is InChI=1S/C28H27BrClN5O4S/c1-16-5-6-17(2)22(11-16)32-26(36)15-40-28-34-33-25(14-31-27(37)20-12-18(29)7-9-21(20)30)35(28)23-13-19(38-3)8-10-24(23)39-4/h5-13H,14-15H2,1-4H3,(H,31,37)(H,32,36). The van der Waals surface area contributed by atoms with E-state index in [9.17, 15) is 9.59 Å². The van der Waals surface area contributed by atoms with Crippen LogP contribution in [0.15, 0.2) is 64.2 Å². The summed E-state index contributed by atoms with van der Waals surface area (Å²) in [5, 5.41) is 15.2. The van der Waals surface area contributed by atoms with Crippen LogP contribution in [0.25, 0.3) is 5.69 Å². The fourth-order valence-electron chi connectivity index (χ4n) is 3.83. The van der Waals surface area contributed by atoms with Crippen LogP contribution in [0.1, 0.15) is 27.3 Å². The topological polar surface area (TPSA) is 107 Å². The fourth-order valence-corrected chi connectivity index (χ4v) is 5.16. The van der Waals surface area contributed by atoms with Gasteiger partial charge in [-0.25, -0.2) is 0 Å². The summed E-state index contributed by atoms with van der Waals surface area (Å²) in [5.74, 6) is 1.06. The minimum Gasteiger partial charge on any atom is -0.497 e. The van der Waals surface area contributed by atoms with Gasteiger partial charge in [0.2, 0.25) is 5.91 Å². The van der Waals surface area contributed by atoms with Crippen LogP contribution in [0.2, 0.25) is 5.02 Å². The number of ether oxygens (including phenoxy) is 2. The molecule has 40 heavy (non-hydrogen) atoms. The highest BCUT2D eigenvalue weighted by Crippen LogP contribution is 2.32. The Hall–Kier alpha value is -3.54. The van der Waals surface area contributed by atoms with Crippen LogP contribution in [0.4, 0.5) is 5.69 Å². The molecule has 0 radical (unpaired) electrons. The first-order valence-electron chi connectivity index (χ1n) is 12.1. The molecular formula is C28H27BrClN5O4S. The van der Waals surface area contributed by atoms with Crippen molar-refractivity contribution >= 4 is 56.8 Å². The van der Waals surface area contributed by atoms with Crippen molar-refractivity contribution in [1.29, 1.82) is 0 Å². The van der Waals surface area contributed by atoms with Crippen molar-refractivity contribution in [2.75, 3.05) is 25.3 Å². The van der Waals surface area contributed by atoms with E-state index in [1.54, 1.807) is 55.2 Å². The van der Waals surface area contributed by atoms with Gasteiger partial charge in [-0.1, -0.05) is 51.4 Å².